The van der Waals surface area contributed by atoms with E-state index in [-0.39, 0.29) is 11.4 Å². The monoisotopic (exact) mass is 293 g/mol. The molecule has 0 aromatic heterocycles. The molecule has 1 aliphatic heterocycles. The summed E-state index contributed by atoms with van der Waals surface area (Å²) in [6.45, 7) is 8.66. The zero-order valence-electron chi connectivity index (χ0n) is 13.8. The van der Waals surface area contributed by atoms with Crippen LogP contribution in [0.15, 0.2) is 48.5 Å². The molecule has 0 bridgehead atoms. The molecule has 1 amide bonds. The van der Waals surface area contributed by atoms with Gasteiger partial charge in [-0.2, -0.15) is 0 Å². The van der Waals surface area contributed by atoms with Gasteiger partial charge in [-0.05, 0) is 62.4 Å². The van der Waals surface area contributed by atoms with E-state index in [1.54, 1.807) is 0 Å². The van der Waals surface area contributed by atoms with Crippen molar-refractivity contribution in [1.29, 1.82) is 0 Å². The van der Waals surface area contributed by atoms with Gasteiger partial charge in [-0.25, -0.2) is 0 Å². The molecule has 1 aliphatic rings. The molecule has 1 atom stereocenters. The Balaban J connectivity index is 2.15. The molecule has 0 aliphatic carbocycles. The Hall–Kier alpha value is -2.09. The van der Waals surface area contributed by atoms with Crippen LogP contribution < -0.4 is 4.90 Å². The third kappa shape index (κ3) is 2.43. The second kappa shape index (κ2) is 5.28. The molecule has 114 valence electrons. The number of rotatable bonds is 1. The molecule has 1 unspecified atom stereocenters. The van der Waals surface area contributed by atoms with Crippen molar-refractivity contribution >= 4 is 11.6 Å². The maximum atomic E-state index is 13.1. The van der Waals surface area contributed by atoms with E-state index < -0.39 is 0 Å². The summed E-state index contributed by atoms with van der Waals surface area (Å²) in [7, 11) is 0. The van der Waals surface area contributed by atoms with E-state index in [1.807, 2.05) is 35.2 Å². The van der Waals surface area contributed by atoms with E-state index in [9.17, 15) is 4.79 Å². The van der Waals surface area contributed by atoms with E-state index in [0.717, 1.165) is 17.7 Å². The van der Waals surface area contributed by atoms with Crippen LogP contribution in [0.2, 0.25) is 0 Å². The van der Waals surface area contributed by atoms with Gasteiger partial charge in [0.25, 0.3) is 5.91 Å². The van der Waals surface area contributed by atoms with Gasteiger partial charge < -0.3 is 4.90 Å². The van der Waals surface area contributed by atoms with E-state index >= 15 is 0 Å². The van der Waals surface area contributed by atoms with E-state index in [1.165, 1.54) is 11.1 Å². The predicted octanol–water partition coefficient (Wildman–Crippen LogP) is 4.93. The first-order valence-corrected chi connectivity index (χ1v) is 7.90. The Morgan fingerprint density at radius 1 is 1.14 bits per heavy atom. The van der Waals surface area contributed by atoms with Crippen molar-refractivity contribution in [2.24, 2.45) is 0 Å². The van der Waals surface area contributed by atoms with Gasteiger partial charge in [0.2, 0.25) is 0 Å². The van der Waals surface area contributed by atoms with Crippen molar-refractivity contribution in [3.63, 3.8) is 0 Å². The molecular formula is C20H23NO. The molecule has 0 saturated carbocycles. The number of benzene rings is 2. The van der Waals surface area contributed by atoms with Crippen LogP contribution in [-0.2, 0) is 0 Å². The smallest absolute Gasteiger partial charge is 0.258 e. The van der Waals surface area contributed by atoms with Crippen LogP contribution in [-0.4, -0.2) is 11.4 Å². The fraction of sp³-hybridized carbons (Fsp3) is 0.350. The average molecular weight is 293 g/mol. The second-order valence-corrected chi connectivity index (χ2v) is 6.99. The van der Waals surface area contributed by atoms with Crippen LogP contribution in [0.4, 0.5) is 5.69 Å². The van der Waals surface area contributed by atoms with Gasteiger partial charge in [-0.15, -0.1) is 0 Å². The Morgan fingerprint density at radius 2 is 1.82 bits per heavy atom. The van der Waals surface area contributed by atoms with E-state index in [2.05, 4.69) is 45.9 Å². The minimum Gasteiger partial charge on any atom is -0.303 e. The highest BCUT2D eigenvalue weighted by Gasteiger charge is 2.40. The Bertz CT molecular complexity index is 703. The standard InChI is InChI=1S/C20H23NO/c1-14-10-11-17-15(2)13-20(3,4)21(18(17)12-14)19(22)16-8-6-5-7-9-16/h5-12,15H,13H2,1-4H3. The number of carbonyl (C=O) groups is 1. The second-order valence-electron chi connectivity index (χ2n) is 6.99. The molecule has 0 saturated heterocycles. The molecule has 0 radical (unpaired) electrons. The van der Waals surface area contributed by atoms with Gasteiger partial charge in [0.1, 0.15) is 0 Å². The number of hydrogen-bond donors (Lipinski definition) is 0. The fourth-order valence-corrected chi connectivity index (χ4v) is 3.63. The average Bonchev–Trinajstić information content (AvgIpc) is 2.46. The topological polar surface area (TPSA) is 20.3 Å². The van der Waals surface area contributed by atoms with E-state index in [4.69, 9.17) is 0 Å². The Morgan fingerprint density at radius 3 is 2.50 bits per heavy atom. The minimum atomic E-state index is -0.187. The van der Waals surface area contributed by atoms with Crippen molar-refractivity contribution in [2.45, 2.75) is 45.6 Å². The zero-order chi connectivity index (χ0) is 15.9. The SMILES string of the molecule is Cc1ccc2c(c1)N(C(=O)c1ccccc1)C(C)(C)CC2C. The van der Waals surface area contributed by atoms with Crippen LogP contribution in [0.3, 0.4) is 0 Å². The normalized spacial score (nSPS) is 19.6. The summed E-state index contributed by atoms with van der Waals surface area (Å²) in [5.41, 5.74) is 4.09. The van der Waals surface area contributed by atoms with Gasteiger partial charge in [0, 0.05) is 16.8 Å². The molecule has 2 heteroatoms. The van der Waals surface area contributed by atoms with Crippen molar-refractivity contribution in [3.05, 3.63) is 65.2 Å². The first-order chi connectivity index (χ1) is 10.4. The summed E-state index contributed by atoms with van der Waals surface area (Å²) < 4.78 is 0. The van der Waals surface area contributed by atoms with Gasteiger partial charge >= 0.3 is 0 Å². The largest absolute Gasteiger partial charge is 0.303 e. The molecule has 1 heterocycles. The molecule has 0 spiro atoms. The lowest BCUT2D eigenvalue weighted by molar-refractivity contribution is 0.0954. The zero-order valence-corrected chi connectivity index (χ0v) is 13.8. The maximum absolute atomic E-state index is 13.1. The minimum absolute atomic E-state index is 0.0874. The third-order valence-corrected chi connectivity index (χ3v) is 4.59. The summed E-state index contributed by atoms with van der Waals surface area (Å²) >= 11 is 0. The highest BCUT2D eigenvalue weighted by molar-refractivity contribution is 6.07. The van der Waals surface area contributed by atoms with E-state index in [0.29, 0.717) is 5.92 Å². The van der Waals surface area contributed by atoms with Gasteiger partial charge in [0.15, 0.2) is 0 Å². The van der Waals surface area contributed by atoms with Gasteiger partial charge in [-0.3, -0.25) is 4.79 Å². The maximum Gasteiger partial charge on any atom is 0.258 e. The van der Waals surface area contributed by atoms with Crippen molar-refractivity contribution in [3.8, 4) is 0 Å². The molecule has 22 heavy (non-hydrogen) atoms. The van der Waals surface area contributed by atoms with Gasteiger partial charge in [-0.1, -0.05) is 37.3 Å². The lowest BCUT2D eigenvalue weighted by Crippen LogP contribution is -2.51. The van der Waals surface area contributed by atoms with Crippen LogP contribution >= 0.6 is 0 Å². The molecule has 0 fully saturated rings. The summed E-state index contributed by atoms with van der Waals surface area (Å²) in [6.07, 6.45) is 0.974. The van der Waals surface area contributed by atoms with Crippen LogP contribution in [0.25, 0.3) is 0 Å². The van der Waals surface area contributed by atoms with Crippen LogP contribution in [0, 0.1) is 6.92 Å². The molecule has 2 nitrogen and oxygen atoms in total. The predicted molar refractivity (Wildman–Crippen MR) is 91.5 cm³/mol. The van der Waals surface area contributed by atoms with Crippen molar-refractivity contribution in [1.82, 2.24) is 0 Å². The first-order valence-electron chi connectivity index (χ1n) is 7.90. The Labute approximate surface area is 132 Å². The number of amides is 1. The third-order valence-electron chi connectivity index (χ3n) is 4.59. The first kappa shape index (κ1) is 14.8. The number of anilines is 1. The number of aryl methyl sites for hydroxylation is 1. The summed E-state index contributed by atoms with van der Waals surface area (Å²) in [6, 6.07) is 16.0. The highest BCUT2D eigenvalue weighted by Crippen LogP contribution is 2.44. The highest BCUT2D eigenvalue weighted by atomic mass is 16.2. The molecule has 0 N–H and O–H groups in total. The van der Waals surface area contributed by atoms with Crippen LogP contribution in [0.1, 0.15) is 54.6 Å². The number of fused-ring (bicyclic) bond motifs is 1. The fourth-order valence-electron chi connectivity index (χ4n) is 3.63. The molecule has 2 aromatic rings. The number of hydrogen-bond acceptors (Lipinski definition) is 1. The summed E-state index contributed by atoms with van der Waals surface area (Å²) in [5.74, 6) is 0.551. The molecule has 2 aromatic carbocycles. The van der Waals surface area contributed by atoms with Crippen molar-refractivity contribution in [2.75, 3.05) is 4.90 Å². The molecular weight excluding hydrogens is 270 g/mol. The lowest BCUT2D eigenvalue weighted by Gasteiger charge is -2.46. The number of nitrogens with zero attached hydrogens (tertiary/aromatic N) is 1. The van der Waals surface area contributed by atoms with Crippen molar-refractivity contribution < 1.29 is 4.79 Å². The summed E-state index contributed by atoms with van der Waals surface area (Å²) in [5, 5.41) is 0. The number of carbonyl (C=O) groups excluding carboxylic acids is 1. The summed E-state index contributed by atoms with van der Waals surface area (Å²) in [4.78, 5) is 15.1. The Kier molecular flexibility index (Phi) is 3.56. The van der Waals surface area contributed by atoms with Gasteiger partial charge in [0.05, 0.1) is 0 Å². The quantitative estimate of drug-likeness (QED) is 0.730. The lowest BCUT2D eigenvalue weighted by atomic mass is 9.79. The molecule has 3 rings (SSSR count). The van der Waals surface area contributed by atoms with Crippen LogP contribution in [0.5, 0.6) is 0 Å².